The number of ketones is 1. The number of nitrogens with two attached hydrogens (primary N) is 1. The number of hydrogen-bond acceptors (Lipinski definition) is 4. The molecule has 0 bridgehead atoms. The molecule has 4 rings (SSSR count). The van der Waals surface area contributed by atoms with Crippen LogP contribution in [0, 0.1) is 0 Å². The lowest BCUT2D eigenvalue weighted by Gasteiger charge is -2.14. The summed E-state index contributed by atoms with van der Waals surface area (Å²) in [7, 11) is 0. The molecule has 0 radical (unpaired) electrons. The van der Waals surface area contributed by atoms with Crippen molar-refractivity contribution in [3.05, 3.63) is 76.8 Å². The number of nitrogens with zero attached hydrogens (tertiary/aromatic N) is 1. The third-order valence-corrected chi connectivity index (χ3v) is 5.07. The maximum atomic E-state index is 12.7. The van der Waals surface area contributed by atoms with E-state index < -0.39 is 5.91 Å². The Bertz CT molecular complexity index is 1080. The first-order chi connectivity index (χ1) is 13.0. The van der Waals surface area contributed by atoms with Crippen LogP contribution in [0.1, 0.15) is 41.5 Å². The zero-order valence-corrected chi connectivity index (χ0v) is 15.1. The van der Waals surface area contributed by atoms with E-state index in [1.165, 1.54) is 0 Å². The standard InChI is InChI=1S/C21H20N4O2/c1-11-17(12(2)23-18(11)20(22)27)21-24-15-9-8-14(10-16(15)25-21)19(26)13-6-4-3-5-7-13/h3-10,12,17,23H,1-2H3,(H2,22,27)(H,24,25). The predicted molar refractivity (Wildman–Crippen MR) is 103 cm³/mol. The molecule has 136 valence electrons. The monoisotopic (exact) mass is 360 g/mol. The molecular formula is C21H20N4O2. The van der Waals surface area contributed by atoms with Crippen LogP contribution >= 0.6 is 0 Å². The Balaban J connectivity index is 1.72. The Labute approximate surface area is 156 Å². The molecule has 2 aromatic carbocycles. The van der Waals surface area contributed by atoms with Gasteiger partial charge in [0.2, 0.25) is 0 Å². The van der Waals surface area contributed by atoms with Gasteiger partial charge in [-0.1, -0.05) is 30.3 Å². The van der Waals surface area contributed by atoms with E-state index in [1.54, 1.807) is 24.3 Å². The molecule has 6 heteroatoms. The molecule has 1 aliphatic heterocycles. The highest BCUT2D eigenvalue weighted by atomic mass is 16.1. The van der Waals surface area contributed by atoms with Crippen molar-refractivity contribution in [3.63, 3.8) is 0 Å². The molecule has 2 atom stereocenters. The van der Waals surface area contributed by atoms with E-state index in [2.05, 4.69) is 10.3 Å². The SMILES string of the molecule is CC1=C(C(N)=O)NC(C)C1c1nc2cc(C(=O)c3ccccc3)ccc2[nH]1. The van der Waals surface area contributed by atoms with Gasteiger partial charge < -0.3 is 16.0 Å². The lowest BCUT2D eigenvalue weighted by molar-refractivity contribution is -0.114. The first-order valence-electron chi connectivity index (χ1n) is 8.82. The summed E-state index contributed by atoms with van der Waals surface area (Å²) in [5.74, 6) is 0.176. The van der Waals surface area contributed by atoms with Crippen LogP contribution < -0.4 is 11.1 Å². The molecule has 0 saturated heterocycles. The van der Waals surface area contributed by atoms with E-state index in [9.17, 15) is 9.59 Å². The minimum Gasteiger partial charge on any atom is -0.377 e. The van der Waals surface area contributed by atoms with Gasteiger partial charge in [0, 0.05) is 17.2 Å². The summed E-state index contributed by atoms with van der Waals surface area (Å²) < 4.78 is 0. The molecule has 0 saturated carbocycles. The molecule has 4 N–H and O–H groups in total. The fourth-order valence-corrected chi connectivity index (χ4v) is 3.73. The van der Waals surface area contributed by atoms with Crippen LogP contribution in [0.2, 0.25) is 0 Å². The smallest absolute Gasteiger partial charge is 0.264 e. The molecule has 0 spiro atoms. The molecule has 2 unspecified atom stereocenters. The Hall–Kier alpha value is -3.41. The first-order valence-corrected chi connectivity index (χ1v) is 8.82. The zero-order valence-electron chi connectivity index (χ0n) is 15.1. The summed E-state index contributed by atoms with van der Waals surface area (Å²) in [4.78, 5) is 32.3. The normalized spacial score (nSPS) is 19.3. The Kier molecular flexibility index (Phi) is 4.03. The summed E-state index contributed by atoms with van der Waals surface area (Å²) in [5.41, 5.74) is 9.58. The highest BCUT2D eigenvalue weighted by Gasteiger charge is 2.34. The van der Waals surface area contributed by atoms with Gasteiger partial charge in [0.05, 0.1) is 22.6 Å². The number of carbonyl (C=O) groups is 2. The molecule has 3 aromatic rings. The Morgan fingerprint density at radius 2 is 1.81 bits per heavy atom. The number of hydrogen-bond donors (Lipinski definition) is 3. The van der Waals surface area contributed by atoms with Crippen LogP contribution in [0.15, 0.2) is 59.8 Å². The maximum Gasteiger partial charge on any atom is 0.264 e. The fraction of sp³-hybridized carbons (Fsp3) is 0.190. The van der Waals surface area contributed by atoms with Crippen molar-refractivity contribution in [2.24, 2.45) is 5.73 Å². The summed E-state index contributed by atoms with van der Waals surface area (Å²) in [6.45, 7) is 3.88. The van der Waals surface area contributed by atoms with Crippen molar-refractivity contribution in [3.8, 4) is 0 Å². The predicted octanol–water partition coefficient (Wildman–Crippen LogP) is 2.63. The number of benzene rings is 2. The largest absolute Gasteiger partial charge is 0.377 e. The minimum absolute atomic E-state index is 0.00140. The number of amides is 1. The van der Waals surface area contributed by atoms with Crippen LogP contribution in [0.3, 0.4) is 0 Å². The van der Waals surface area contributed by atoms with Crippen LogP contribution in [-0.2, 0) is 4.79 Å². The lowest BCUT2D eigenvalue weighted by atomic mass is 9.95. The molecule has 0 aliphatic carbocycles. The Morgan fingerprint density at radius 1 is 1.07 bits per heavy atom. The summed E-state index contributed by atoms with van der Waals surface area (Å²) >= 11 is 0. The van der Waals surface area contributed by atoms with Gasteiger partial charge in [0.25, 0.3) is 5.91 Å². The third-order valence-electron chi connectivity index (χ3n) is 5.07. The van der Waals surface area contributed by atoms with Gasteiger partial charge in [-0.2, -0.15) is 0 Å². The highest BCUT2D eigenvalue weighted by molar-refractivity contribution is 6.10. The molecular weight excluding hydrogens is 340 g/mol. The highest BCUT2D eigenvalue weighted by Crippen LogP contribution is 2.34. The lowest BCUT2D eigenvalue weighted by Crippen LogP contribution is -2.29. The topological polar surface area (TPSA) is 101 Å². The molecule has 27 heavy (non-hydrogen) atoms. The quantitative estimate of drug-likeness (QED) is 0.623. The summed E-state index contributed by atoms with van der Waals surface area (Å²) in [6, 6.07) is 14.6. The number of imidazole rings is 1. The fourth-order valence-electron chi connectivity index (χ4n) is 3.73. The number of carbonyl (C=O) groups excluding carboxylic acids is 2. The molecule has 2 heterocycles. The van der Waals surface area contributed by atoms with E-state index in [0.717, 1.165) is 22.4 Å². The van der Waals surface area contributed by atoms with E-state index in [4.69, 9.17) is 10.7 Å². The van der Waals surface area contributed by atoms with Crippen molar-refractivity contribution in [1.82, 2.24) is 15.3 Å². The van der Waals surface area contributed by atoms with Crippen LogP contribution in [0.25, 0.3) is 11.0 Å². The van der Waals surface area contributed by atoms with Crippen molar-refractivity contribution >= 4 is 22.7 Å². The van der Waals surface area contributed by atoms with Crippen LogP contribution in [-0.4, -0.2) is 27.7 Å². The van der Waals surface area contributed by atoms with Crippen molar-refractivity contribution in [2.75, 3.05) is 0 Å². The van der Waals surface area contributed by atoms with Gasteiger partial charge in [0.15, 0.2) is 5.78 Å². The molecule has 0 fully saturated rings. The second-order valence-corrected chi connectivity index (χ2v) is 6.88. The third kappa shape index (κ3) is 2.89. The molecule has 1 aromatic heterocycles. The zero-order chi connectivity index (χ0) is 19.1. The van der Waals surface area contributed by atoms with Crippen molar-refractivity contribution < 1.29 is 9.59 Å². The number of nitrogens with one attached hydrogen (secondary N) is 2. The van der Waals surface area contributed by atoms with E-state index in [0.29, 0.717) is 16.8 Å². The number of aromatic nitrogens is 2. The molecule has 1 aliphatic rings. The maximum absolute atomic E-state index is 12.7. The second kappa shape index (κ2) is 6.39. The number of rotatable bonds is 4. The van der Waals surface area contributed by atoms with Gasteiger partial charge in [0.1, 0.15) is 5.82 Å². The molecule has 1 amide bonds. The van der Waals surface area contributed by atoms with Gasteiger partial charge in [-0.05, 0) is 37.6 Å². The number of primary amides is 1. The van der Waals surface area contributed by atoms with E-state index >= 15 is 0 Å². The first kappa shape index (κ1) is 17.0. The van der Waals surface area contributed by atoms with Crippen LogP contribution in [0.4, 0.5) is 0 Å². The number of H-pyrrole nitrogens is 1. The number of fused-ring (bicyclic) bond motifs is 1. The molecule has 6 nitrogen and oxygen atoms in total. The van der Waals surface area contributed by atoms with Crippen molar-refractivity contribution in [2.45, 2.75) is 25.8 Å². The van der Waals surface area contributed by atoms with Crippen LogP contribution in [0.5, 0.6) is 0 Å². The van der Waals surface area contributed by atoms with Gasteiger partial charge in [-0.3, -0.25) is 9.59 Å². The summed E-state index contributed by atoms with van der Waals surface area (Å²) in [6.07, 6.45) is 0. The Morgan fingerprint density at radius 3 is 2.48 bits per heavy atom. The average Bonchev–Trinajstić information content (AvgIpc) is 3.21. The average molecular weight is 360 g/mol. The van der Waals surface area contributed by atoms with Gasteiger partial charge in [-0.25, -0.2) is 4.98 Å². The van der Waals surface area contributed by atoms with E-state index in [-0.39, 0.29) is 17.7 Å². The van der Waals surface area contributed by atoms with Gasteiger partial charge >= 0.3 is 0 Å². The van der Waals surface area contributed by atoms with Crippen molar-refractivity contribution in [1.29, 1.82) is 0 Å². The minimum atomic E-state index is -0.464. The second-order valence-electron chi connectivity index (χ2n) is 6.88. The number of aromatic amines is 1. The van der Waals surface area contributed by atoms with E-state index in [1.807, 2.05) is 38.1 Å². The van der Waals surface area contributed by atoms with Gasteiger partial charge in [-0.15, -0.1) is 0 Å². The summed E-state index contributed by atoms with van der Waals surface area (Å²) in [5, 5.41) is 3.14.